The Hall–Kier alpha value is -1.59. The number of nitrogens with zero attached hydrogens (tertiary/aromatic N) is 3. The zero-order valence-electron chi connectivity index (χ0n) is 8.80. The highest BCUT2D eigenvalue weighted by Crippen LogP contribution is 2.35. The molecule has 1 aromatic rings. The van der Waals surface area contributed by atoms with Gasteiger partial charge in [-0.2, -0.15) is 0 Å². The minimum Gasteiger partial charge on any atom is -0.379 e. The van der Waals surface area contributed by atoms with Gasteiger partial charge in [0.25, 0.3) is 5.91 Å². The van der Waals surface area contributed by atoms with Gasteiger partial charge in [0.15, 0.2) is 0 Å². The SMILES string of the molecule is CC(C1CC1)N(C)C(=O)c1nonc1N. The topological polar surface area (TPSA) is 85.2 Å². The number of hydrogen-bond donors (Lipinski definition) is 1. The Kier molecular flexibility index (Phi) is 2.34. The van der Waals surface area contributed by atoms with Gasteiger partial charge >= 0.3 is 0 Å². The van der Waals surface area contributed by atoms with Gasteiger partial charge in [0, 0.05) is 13.1 Å². The molecule has 1 amide bonds. The van der Waals surface area contributed by atoms with Gasteiger partial charge in [-0.1, -0.05) is 0 Å². The lowest BCUT2D eigenvalue weighted by Gasteiger charge is -2.23. The van der Waals surface area contributed by atoms with Crippen LogP contribution in [0.2, 0.25) is 0 Å². The molecule has 0 saturated heterocycles. The molecule has 0 bridgehead atoms. The molecule has 82 valence electrons. The lowest BCUT2D eigenvalue weighted by Crippen LogP contribution is -2.36. The molecule has 0 aromatic carbocycles. The van der Waals surface area contributed by atoms with Gasteiger partial charge in [-0.15, -0.1) is 0 Å². The Morgan fingerprint density at radius 2 is 2.27 bits per heavy atom. The molecule has 15 heavy (non-hydrogen) atoms. The van der Waals surface area contributed by atoms with Crippen molar-refractivity contribution < 1.29 is 9.42 Å². The van der Waals surface area contributed by atoms with Gasteiger partial charge in [0.05, 0.1) is 0 Å². The number of anilines is 1. The molecule has 1 fully saturated rings. The Labute approximate surface area is 87.4 Å². The number of nitrogens with two attached hydrogens (primary N) is 1. The van der Waals surface area contributed by atoms with Gasteiger partial charge in [-0.3, -0.25) is 4.79 Å². The van der Waals surface area contributed by atoms with Crippen LogP contribution in [-0.2, 0) is 0 Å². The monoisotopic (exact) mass is 210 g/mol. The maximum Gasteiger partial charge on any atom is 0.280 e. The number of amides is 1. The number of carbonyl (C=O) groups is 1. The quantitative estimate of drug-likeness (QED) is 0.786. The van der Waals surface area contributed by atoms with Gasteiger partial charge < -0.3 is 10.6 Å². The van der Waals surface area contributed by atoms with Crippen molar-refractivity contribution in [3.05, 3.63) is 5.69 Å². The van der Waals surface area contributed by atoms with Crippen LogP contribution in [0.3, 0.4) is 0 Å². The first-order valence-electron chi connectivity index (χ1n) is 4.96. The van der Waals surface area contributed by atoms with E-state index in [2.05, 4.69) is 14.9 Å². The van der Waals surface area contributed by atoms with Gasteiger partial charge in [0.1, 0.15) is 0 Å². The van der Waals surface area contributed by atoms with Gasteiger partial charge in [-0.05, 0) is 36.0 Å². The average molecular weight is 210 g/mol. The van der Waals surface area contributed by atoms with Crippen LogP contribution in [0.25, 0.3) is 0 Å². The van der Waals surface area contributed by atoms with Crippen molar-refractivity contribution in [3.63, 3.8) is 0 Å². The summed E-state index contributed by atoms with van der Waals surface area (Å²) in [6.07, 6.45) is 2.37. The second kappa shape index (κ2) is 3.52. The third-order valence-electron chi connectivity index (χ3n) is 2.95. The Morgan fingerprint density at radius 3 is 2.73 bits per heavy atom. The third kappa shape index (κ3) is 1.79. The van der Waals surface area contributed by atoms with Crippen LogP contribution < -0.4 is 5.73 Å². The second-order valence-corrected chi connectivity index (χ2v) is 3.99. The molecule has 2 rings (SSSR count). The molecule has 6 nitrogen and oxygen atoms in total. The summed E-state index contributed by atoms with van der Waals surface area (Å²) < 4.78 is 4.40. The van der Waals surface area contributed by atoms with Crippen LogP contribution in [0.4, 0.5) is 5.82 Å². The molecule has 1 saturated carbocycles. The molecule has 0 radical (unpaired) electrons. The molecule has 1 heterocycles. The third-order valence-corrected chi connectivity index (χ3v) is 2.95. The first-order chi connectivity index (χ1) is 7.11. The summed E-state index contributed by atoms with van der Waals surface area (Å²) in [7, 11) is 1.75. The summed E-state index contributed by atoms with van der Waals surface area (Å²) in [4.78, 5) is 13.5. The fraction of sp³-hybridized carbons (Fsp3) is 0.667. The summed E-state index contributed by atoms with van der Waals surface area (Å²) in [5, 5.41) is 6.88. The van der Waals surface area contributed by atoms with Crippen LogP contribution in [0.5, 0.6) is 0 Å². The number of nitrogen functional groups attached to an aromatic ring is 1. The fourth-order valence-electron chi connectivity index (χ4n) is 1.59. The largest absolute Gasteiger partial charge is 0.379 e. The molecule has 0 spiro atoms. The van der Waals surface area contributed by atoms with E-state index in [9.17, 15) is 4.79 Å². The number of aromatic nitrogens is 2. The Balaban J connectivity index is 2.10. The highest BCUT2D eigenvalue weighted by atomic mass is 16.6. The summed E-state index contributed by atoms with van der Waals surface area (Å²) in [6.45, 7) is 2.03. The minimum absolute atomic E-state index is 0.0508. The second-order valence-electron chi connectivity index (χ2n) is 3.99. The summed E-state index contributed by atoms with van der Waals surface area (Å²) in [5.74, 6) is 0.433. The van der Waals surface area contributed by atoms with Crippen molar-refractivity contribution in [2.75, 3.05) is 12.8 Å². The zero-order valence-corrected chi connectivity index (χ0v) is 8.80. The molecule has 2 N–H and O–H groups in total. The van der Waals surface area contributed by atoms with Crippen molar-refractivity contribution in [1.29, 1.82) is 0 Å². The highest BCUT2D eigenvalue weighted by molar-refractivity contribution is 5.96. The van der Waals surface area contributed by atoms with Crippen LogP contribution in [0.1, 0.15) is 30.3 Å². The maximum absolute atomic E-state index is 11.9. The first kappa shape index (κ1) is 9.95. The molecular weight excluding hydrogens is 196 g/mol. The minimum atomic E-state index is -0.229. The smallest absolute Gasteiger partial charge is 0.280 e. The van der Waals surface area contributed by atoms with E-state index < -0.39 is 0 Å². The van der Waals surface area contributed by atoms with E-state index >= 15 is 0 Å². The van der Waals surface area contributed by atoms with E-state index in [0.717, 1.165) is 0 Å². The lowest BCUT2D eigenvalue weighted by molar-refractivity contribution is 0.0717. The molecule has 0 aliphatic heterocycles. The van der Waals surface area contributed by atoms with Crippen LogP contribution >= 0.6 is 0 Å². The van der Waals surface area contributed by atoms with Crippen molar-refractivity contribution in [2.45, 2.75) is 25.8 Å². The predicted molar refractivity (Wildman–Crippen MR) is 53.0 cm³/mol. The number of carbonyl (C=O) groups excluding carboxylic acids is 1. The van der Waals surface area contributed by atoms with Crippen LogP contribution in [0.15, 0.2) is 4.63 Å². The molecule has 1 atom stereocenters. The van der Waals surface area contributed by atoms with E-state index in [4.69, 9.17) is 5.73 Å². The van der Waals surface area contributed by atoms with Crippen molar-refractivity contribution >= 4 is 11.7 Å². The Morgan fingerprint density at radius 1 is 1.60 bits per heavy atom. The van der Waals surface area contributed by atoms with E-state index in [0.29, 0.717) is 5.92 Å². The summed E-state index contributed by atoms with van der Waals surface area (Å²) in [5.41, 5.74) is 5.56. The predicted octanol–water partition coefficient (Wildman–Crippen LogP) is 0.522. The van der Waals surface area contributed by atoms with Crippen molar-refractivity contribution in [3.8, 4) is 0 Å². The maximum atomic E-state index is 11.9. The number of hydrogen-bond acceptors (Lipinski definition) is 5. The lowest BCUT2D eigenvalue weighted by atomic mass is 10.2. The fourth-order valence-corrected chi connectivity index (χ4v) is 1.59. The van der Waals surface area contributed by atoms with E-state index in [1.54, 1.807) is 11.9 Å². The van der Waals surface area contributed by atoms with E-state index in [1.807, 2.05) is 6.92 Å². The highest BCUT2D eigenvalue weighted by Gasteiger charge is 2.34. The number of rotatable bonds is 3. The van der Waals surface area contributed by atoms with Crippen molar-refractivity contribution in [2.24, 2.45) is 5.92 Å². The normalized spacial score (nSPS) is 17.5. The summed E-state index contributed by atoms with van der Waals surface area (Å²) >= 11 is 0. The molecular formula is C9H14N4O2. The first-order valence-corrected chi connectivity index (χ1v) is 4.96. The molecule has 1 aliphatic rings. The Bertz CT molecular complexity index is 372. The van der Waals surface area contributed by atoms with Gasteiger partial charge in [-0.25, -0.2) is 4.63 Å². The average Bonchev–Trinajstić information content (AvgIpc) is 2.98. The van der Waals surface area contributed by atoms with Crippen LogP contribution in [-0.4, -0.2) is 34.2 Å². The van der Waals surface area contributed by atoms with E-state index in [1.165, 1.54) is 12.8 Å². The van der Waals surface area contributed by atoms with E-state index in [-0.39, 0.29) is 23.5 Å². The molecule has 1 aliphatic carbocycles. The molecule has 1 aromatic heterocycles. The van der Waals surface area contributed by atoms with Crippen molar-refractivity contribution in [1.82, 2.24) is 15.2 Å². The van der Waals surface area contributed by atoms with Crippen LogP contribution in [0, 0.1) is 5.92 Å². The summed E-state index contributed by atoms with van der Waals surface area (Å²) in [6, 6.07) is 0.216. The standard InChI is InChI=1S/C9H14N4O2/c1-5(6-3-4-6)13(2)9(14)7-8(10)12-15-11-7/h5-6H,3-4H2,1-2H3,(H2,10,12). The zero-order chi connectivity index (χ0) is 11.0. The van der Waals surface area contributed by atoms with Gasteiger partial charge in [0.2, 0.25) is 11.5 Å². The molecule has 6 heteroatoms. The molecule has 1 unspecified atom stereocenters.